The van der Waals surface area contributed by atoms with Gasteiger partial charge in [0.25, 0.3) is 5.89 Å². The summed E-state index contributed by atoms with van der Waals surface area (Å²) in [5, 5.41) is 4.01. The maximum Gasteiger partial charge on any atom is 0.257 e. The molecule has 2 aromatic rings. The Balaban J connectivity index is 2.36. The quantitative estimate of drug-likeness (QED) is 0.897. The summed E-state index contributed by atoms with van der Waals surface area (Å²) < 4.78 is 5.34. The zero-order valence-electron chi connectivity index (χ0n) is 12.2. The van der Waals surface area contributed by atoms with Crippen LogP contribution in [-0.2, 0) is 0 Å². The molecular weight excluding hydrogens is 238 g/mol. The van der Waals surface area contributed by atoms with Gasteiger partial charge in [0.15, 0.2) is 5.82 Å². The number of benzene rings is 1. The van der Waals surface area contributed by atoms with Crippen LogP contribution in [0, 0.1) is 19.3 Å². The first-order valence-corrected chi connectivity index (χ1v) is 6.45. The molecule has 102 valence electrons. The molecule has 4 heteroatoms. The van der Waals surface area contributed by atoms with Gasteiger partial charge in [-0.05, 0) is 31.4 Å². The van der Waals surface area contributed by atoms with Gasteiger partial charge in [-0.15, -0.1) is 0 Å². The van der Waals surface area contributed by atoms with Gasteiger partial charge in [-0.3, -0.25) is 0 Å². The third-order valence-corrected chi connectivity index (χ3v) is 3.12. The summed E-state index contributed by atoms with van der Waals surface area (Å²) in [4.78, 5) is 4.43. The van der Waals surface area contributed by atoms with E-state index in [2.05, 4.69) is 50.8 Å². The minimum Gasteiger partial charge on any atom is -0.334 e. The second-order valence-corrected chi connectivity index (χ2v) is 6.18. The summed E-state index contributed by atoms with van der Waals surface area (Å²) in [6.07, 6.45) is 0. The van der Waals surface area contributed by atoms with Crippen molar-refractivity contribution in [2.24, 2.45) is 11.1 Å². The highest BCUT2D eigenvalue weighted by atomic mass is 16.5. The first-order valence-electron chi connectivity index (χ1n) is 6.45. The zero-order valence-corrected chi connectivity index (χ0v) is 12.2. The van der Waals surface area contributed by atoms with E-state index in [0.717, 1.165) is 5.56 Å². The van der Waals surface area contributed by atoms with Gasteiger partial charge in [0, 0.05) is 5.56 Å². The molecule has 0 fully saturated rings. The fourth-order valence-corrected chi connectivity index (χ4v) is 1.96. The van der Waals surface area contributed by atoms with Crippen LogP contribution in [0.2, 0.25) is 0 Å². The smallest absolute Gasteiger partial charge is 0.257 e. The molecule has 19 heavy (non-hydrogen) atoms. The second kappa shape index (κ2) is 4.78. The van der Waals surface area contributed by atoms with E-state index in [0.29, 0.717) is 11.7 Å². The van der Waals surface area contributed by atoms with Gasteiger partial charge in [-0.1, -0.05) is 43.1 Å². The maximum atomic E-state index is 6.14. The van der Waals surface area contributed by atoms with Crippen LogP contribution in [0.4, 0.5) is 0 Å². The van der Waals surface area contributed by atoms with Gasteiger partial charge in [-0.25, -0.2) is 0 Å². The first-order chi connectivity index (χ1) is 8.77. The summed E-state index contributed by atoms with van der Waals surface area (Å²) in [5.74, 6) is 1.09. The standard InChI is InChI=1S/C15H21N3O/c1-9-6-10(2)8-11(7-9)14-17-13(18-19-14)12(16)15(3,4)5/h6-8,12H,16H2,1-5H3. The minimum atomic E-state index is -0.240. The Morgan fingerprint density at radius 1 is 1.11 bits per heavy atom. The average molecular weight is 259 g/mol. The van der Waals surface area contributed by atoms with Crippen molar-refractivity contribution in [2.45, 2.75) is 40.7 Å². The predicted molar refractivity (Wildman–Crippen MR) is 75.6 cm³/mol. The molecule has 0 saturated heterocycles. The highest BCUT2D eigenvalue weighted by Gasteiger charge is 2.27. The van der Waals surface area contributed by atoms with Gasteiger partial charge < -0.3 is 10.3 Å². The minimum absolute atomic E-state index is 0.0936. The molecule has 1 atom stereocenters. The van der Waals surface area contributed by atoms with Crippen LogP contribution in [0.1, 0.15) is 43.8 Å². The van der Waals surface area contributed by atoms with Crippen molar-refractivity contribution < 1.29 is 4.52 Å². The van der Waals surface area contributed by atoms with Crippen LogP contribution in [-0.4, -0.2) is 10.1 Å². The molecule has 2 N–H and O–H groups in total. The SMILES string of the molecule is Cc1cc(C)cc(-c2nc(C(N)C(C)(C)C)no2)c1. The van der Waals surface area contributed by atoms with Crippen LogP contribution in [0.25, 0.3) is 11.5 Å². The fraction of sp³-hybridized carbons (Fsp3) is 0.467. The predicted octanol–water partition coefficient (Wildman–Crippen LogP) is 3.40. The summed E-state index contributed by atoms with van der Waals surface area (Å²) in [6.45, 7) is 10.3. The summed E-state index contributed by atoms with van der Waals surface area (Å²) >= 11 is 0. The number of nitrogens with two attached hydrogens (primary N) is 1. The molecule has 4 nitrogen and oxygen atoms in total. The Morgan fingerprint density at radius 2 is 1.68 bits per heavy atom. The molecule has 0 amide bonds. The van der Waals surface area contributed by atoms with E-state index in [1.54, 1.807) is 0 Å². The van der Waals surface area contributed by atoms with Gasteiger partial charge in [0.05, 0.1) is 6.04 Å². The Labute approximate surface area is 114 Å². The lowest BCUT2D eigenvalue weighted by atomic mass is 9.87. The van der Waals surface area contributed by atoms with Crippen LogP contribution >= 0.6 is 0 Å². The Bertz CT molecular complexity index is 561. The van der Waals surface area contributed by atoms with E-state index in [9.17, 15) is 0 Å². The van der Waals surface area contributed by atoms with Crippen molar-refractivity contribution in [3.63, 3.8) is 0 Å². The number of rotatable bonds is 2. The van der Waals surface area contributed by atoms with Crippen LogP contribution < -0.4 is 5.73 Å². The van der Waals surface area contributed by atoms with Gasteiger partial charge >= 0.3 is 0 Å². The normalized spacial score (nSPS) is 13.6. The Kier molecular flexibility index (Phi) is 3.45. The molecule has 1 unspecified atom stereocenters. The molecule has 1 aromatic heterocycles. The van der Waals surface area contributed by atoms with Crippen molar-refractivity contribution in [3.8, 4) is 11.5 Å². The zero-order chi connectivity index (χ0) is 14.2. The molecule has 0 aliphatic heterocycles. The molecule has 1 aromatic carbocycles. The van der Waals surface area contributed by atoms with Crippen LogP contribution in [0.15, 0.2) is 22.7 Å². The number of nitrogens with zero attached hydrogens (tertiary/aromatic N) is 2. The van der Waals surface area contributed by atoms with Crippen molar-refractivity contribution in [1.82, 2.24) is 10.1 Å². The topological polar surface area (TPSA) is 64.9 Å². The van der Waals surface area contributed by atoms with Crippen molar-refractivity contribution in [2.75, 3.05) is 0 Å². The molecule has 1 heterocycles. The first kappa shape index (κ1) is 13.7. The monoisotopic (exact) mass is 259 g/mol. The summed E-state index contributed by atoms with van der Waals surface area (Å²) in [6, 6.07) is 5.94. The van der Waals surface area contributed by atoms with Crippen molar-refractivity contribution in [1.29, 1.82) is 0 Å². The Morgan fingerprint density at radius 3 is 2.21 bits per heavy atom. The van der Waals surface area contributed by atoms with Gasteiger partial charge in [-0.2, -0.15) is 4.98 Å². The number of aromatic nitrogens is 2. The Hall–Kier alpha value is -1.68. The number of hydrogen-bond acceptors (Lipinski definition) is 4. The molecule has 0 radical (unpaired) electrons. The second-order valence-electron chi connectivity index (χ2n) is 6.18. The lowest BCUT2D eigenvalue weighted by Gasteiger charge is -2.23. The third kappa shape index (κ3) is 3.01. The summed E-state index contributed by atoms with van der Waals surface area (Å²) in [7, 11) is 0. The van der Waals surface area contributed by atoms with E-state index >= 15 is 0 Å². The highest BCUT2D eigenvalue weighted by Crippen LogP contribution is 2.30. The molecule has 2 rings (SSSR count). The average Bonchev–Trinajstić information content (AvgIpc) is 2.74. The number of aryl methyl sites for hydroxylation is 2. The van der Waals surface area contributed by atoms with Crippen LogP contribution in [0.5, 0.6) is 0 Å². The fourth-order valence-electron chi connectivity index (χ4n) is 1.96. The maximum absolute atomic E-state index is 6.14. The third-order valence-electron chi connectivity index (χ3n) is 3.12. The summed E-state index contributed by atoms with van der Waals surface area (Å²) in [5.41, 5.74) is 9.34. The lowest BCUT2D eigenvalue weighted by molar-refractivity contribution is 0.303. The van der Waals surface area contributed by atoms with E-state index in [1.165, 1.54) is 11.1 Å². The molecule has 0 spiro atoms. The van der Waals surface area contributed by atoms with Crippen LogP contribution in [0.3, 0.4) is 0 Å². The highest BCUT2D eigenvalue weighted by molar-refractivity contribution is 5.55. The van der Waals surface area contributed by atoms with E-state index < -0.39 is 0 Å². The van der Waals surface area contributed by atoms with Gasteiger partial charge in [0.2, 0.25) is 0 Å². The largest absolute Gasteiger partial charge is 0.334 e. The molecular formula is C15H21N3O. The number of hydrogen-bond donors (Lipinski definition) is 1. The molecule has 0 aliphatic carbocycles. The van der Waals surface area contributed by atoms with E-state index in [1.807, 2.05) is 12.1 Å². The molecule has 0 aliphatic rings. The van der Waals surface area contributed by atoms with Crippen molar-refractivity contribution in [3.05, 3.63) is 35.2 Å². The van der Waals surface area contributed by atoms with E-state index in [4.69, 9.17) is 10.3 Å². The van der Waals surface area contributed by atoms with Crippen molar-refractivity contribution >= 4 is 0 Å². The lowest BCUT2D eigenvalue weighted by Crippen LogP contribution is -2.27. The molecule has 0 bridgehead atoms. The van der Waals surface area contributed by atoms with Gasteiger partial charge in [0.1, 0.15) is 0 Å². The molecule has 0 saturated carbocycles. The van der Waals surface area contributed by atoms with E-state index in [-0.39, 0.29) is 11.5 Å².